The van der Waals surface area contributed by atoms with Crippen molar-refractivity contribution in [1.82, 2.24) is 0 Å². The number of esters is 1. The Kier molecular flexibility index (Phi) is 6.17. The highest BCUT2D eigenvalue weighted by Gasteiger charge is 2.27. The summed E-state index contributed by atoms with van der Waals surface area (Å²) in [6.07, 6.45) is 0. The fourth-order valence-electron chi connectivity index (χ4n) is 2.87. The SMILES string of the molecule is Cc1cc2c(c(CSc3ccccc3)c1C(=O)OCC[Si](C)(C)C)OCO2. The highest BCUT2D eigenvalue weighted by molar-refractivity contribution is 7.98. The normalized spacial score (nSPS) is 12.9. The number of hydrogen-bond acceptors (Lipinski definition) is 5. The number of rotatable bonds is 7. The molecule has 0 spiro atoms. The Balaban J connectivity index is 1.84. The van der Waals surface area contributed by atoms with Gasteiger partial charge < -0.3 is 14.2 Å². The standard InChI is InChI=1S/C21H26O4SSi/c1-15-12-18-20(25-14-24-18)17(13-26-16-8-6-5-7-9-16)19(15)21(22)23-10-11-27(2,3)4/h5-9,12H,10-11,13-14H2,1-4H3. The first-order chi connectivity index (χ1) is 12.8. The second-order valence-corrected chi connectivity index (χ2v) is 14.5. The van der Waals surface area contributed by atoms with E-state index in [1.165, 1.54) is 0 Å². The van der Waals surface area contributed by atoms with Crippen molar-refractivity contribution in [2.24, 2.45) is 0 Å². The van der Waals surface area contributed by atoms with Crippen LogP contribution in [0.25, 0.3) is 0 Å². The van der Waals surface area contributed by atoms with Gasteiger partial charge in [-0.1, -0.05) is 37.8 Å². The predicted octanol–water partition coefficient (Wildman–Crippen LogP) is 5.51. The van der Waals surface area contributed by atoms with Gasteiger partial charge in [-0.25, -0.2) is 4.79 Å². The largest absolute Gasteiger partial charge is 0.462 e. The molecule has 2 aromatic carbocycles. The highest BCUT2D eigenvalue weighted by Crippen LogP contribution is 2.42. The van der Waals surface area contributed by atoms with Gasteiger partial charge in [0.05, 0.1) is 12.2 Å². The van der Waals surface area contributed by atoms with Crippen molar-refractivity contribution in [1.29, 1.82) is 0 Å². The van der Waals surface area contributed by atoms with E-state index in [9.17, 15) is 4.79 Å². The summed E-state index contributed by atoms with van der Waals surface area (Å²) in [5.74, 6) is 1.72. The maximum Gasteiger partial charge on any atom is 0.338 e. The molecule has 0 saturated carbocycles. The third-order valence-electron chi connectivity index (χ3n) is 4.38. The molecule has 1 heterocycles. The molecule has 2 aromatic rings. The second-order valence-electron chi connectivity index (χ2n) is 7.83. The smallest absolute Gasteiger partial charge is 0.338 e. The minimum absolute atomic E-state index is 0.186. The van der Waals surface area contributed by atoms with Crippen molar-refractivity contribution >= 4 is 25.8 Å². The number of carbonyl (C=O) groups is 1. The lowest BCUT2D eigenvalue weighted by molar-refractivity contribution is 0.0523. The Bertz CT molecular complexity index is 815. The van der Waals surface area contributed by atoms with E-state index in [1.54, 1.807) is 11.8 Å². The average Bonchev–Trinajstić information content (AvgIpc) is 3.07. The van der Waals surface area contributed by atoms with Crippen molar-refractivity contribution in [2.75, 3.05) is 13.4 Å². The quantitative estimate of drug-likeness (QED) is 0.347. The van der Waals surface area contributed by atoms with Crippen molar-refractivity contribution in [2.45, 2.75) is 43.3 Å². The topological polar surface area (TPSA) is 44.8 Å². The van der Waals surface area contributed by atoms with Crippen LogP contribution in [0.4, 0.5) is 0 Å². The van der Waals surface area contributed by atoms with Gasteiger partial charge in [0.15, 0.2) is 11.5 Å². The molecule has 27 heavy (non-hydrogen) atoms. The van der Waals surface area contributed by atoms with Gasteiger partial charge >= 0.3 is 5.97 Å². The van der Waals surface area contributed by atoms with Gasteiger partial charge in [0.1, 0.15) is 0 Å². The van der Waals surface area contributed by atoms with Gasteiger partial charge in [0.2, 0.25) is 6.79 Å². The summed E-state index contributed by atoms with van der Waals surface area (Å²) in [6.45, 7) is 9.39. The fraction of sp³-hybridized carbons (Fsp3) is 0.381. The van der Waals surface area contributed by atoms with Gasteiger partial charge in [-0.2, -0.15) is 0 Å². The highest BCUT2D eigenvalue weighted by atomic mass is 32.2. The predicted molar refractivity (Wildman–Crippen MR) is 112 cm³/mol. The number of fused-ring (bicyclic) bond motifs is 1. The summed E-state index contributed by atoms with van der Waals surface area (Å²) in [4.78, 5) is 14.0. The molecule has 144 valence electrons. The zero-order valence-corrected chi connectivity index (χ0v) is 18.2. The summed E-state index contributed by atoms with van der Waals surface area (Å²) in [6, 6.07) is 13.0. The van der Waals surface area contributed by atoms with Gasteiger partial charge in [0, 0.05) is 24.3 Å². The van der Waals surface area contributed by atoms with E-state index < -0.39 is 8.07 Å². The van der Waals surface area contributed by atoms with Crippen LogP contribution < -0.4 is 9.47 Å². The molecule has 0 saturated heterocycles. The number of carbonyl (C=O) groups excluding carboxylic acids is 1. The molecule has 0 aromatic heterocycles. The Morgan fingerprint density at radius 3 is 2.63 bits per heavy atom. The summed E-state index contributed by atoms with van der Waals surface area (Å²) < 4.78 is 16.9. The molecule has 1 aliphatic heterocycles. The van der Waals surface area contributed by atoms with Gasteiger partial charge in [0.25, 0.3) is 0 Å². The van der Waals surface area contributed by atoms with Crippen molar-refractivity contribution in [3.05, 3.63) is 53.1 Å². The molecule has 3 rings (SSSR count). The van der Waals surface area contributed by atoms with E-state index in [0.717, 1.165) is 22.1 Å². The van der Waals surface area contributed by atoms with Crippen LogP contribution in [0, 0.1) is 6.92 Å². The van der Waals surface area contributed by atoms with Crippen LogP contribution in [0.2, 0.25) is 25.7 Å². The molecule has 0 N–H and O–H groups in total. The Morgan fingerprint density at radius 1 is 1.19 bits per heavy atom. The van der Waals surface area contributed by atoms with Crippen LogP contribution in [0.5, 0.6) is 11.5 Å². The minimum Gasteiger partial charge on any atom is -0.462 e. The summed E-state index contributed by atoms with van der Waals surface area (Å²) in [5.41, 5.74) is 2.33. The first-order valence-corrected chi connectivity index (χ1v) is 13.8. The summed E-state index contributed by atoms with van der Waals surface area (Å²) in [5, 5.41) is 0. The molecule has 0 fully saturated rings. The van der Waals surface area contributed by atoms with Crippen LogP contribution in [0.1, 0.15) is 21.5 Å². The van der Waals surface area contributed by atoms with Crippen LogP contribution in [-0.4, -0.2) is 27.4 Å². The Labute approximate surface area is 166 Å². The fourth-order valence-corrected chi connectivity index (χ4v) is 4.52. The lowest BCUT2D eigenvalue weighted by Crippen LogP contribution is -2.23. The molecular formula is C21H26O4SSi. The Hall–Kier alpha value is -1.92. The maximum atomic E-state index is 12.9. The molecule has 0 bridgehead atoms. The van der Waals surface area contributed by atoms with Crippen LogP contribution >= 0.6 is 11.8 Å². The zero-order valence-electron chi connectivity index (χ0n) is 16.3. The number of benzene rings is 2. The lowest BCUT2D eigenvalue weighted by Gasteiger charge is -2.17. The molecule has 0 aliphatic carbocycles. The zero-order chi connectivity index (χ0) is 19.4. The monoisotopic (exact) mass is 402 g/mol. The molecule has 0 unspecified atom stereocenters. The van der Waals surface area contributed by atoms with E-state index in [4.69, 9.17) is 14.2 Å². The average molecular weight is 403 g/mol. The molecule has 6 heteroatoms. The van der Waals surface area contributed by atoms with E-state index >= 15 is 0 Å². The Morgan fingerprint density at radius 2 is 1.93 bits per heavy atom. The number of ether oxygens (including phenoxy) is 3. The second kappa shape index (κ2) is 8.40. The first-order valence-electron chi connectivity index (χ1n) is 9.12. The molecule has 0 radical (unpaired) electrons. The van der Waals surface area contributed by atoms with E-state index in [0.29, 0.717) is 29.4 Å². The van der Waals surface area contributed by atoms with Crippen LogP contribution in [0.3, 0.4) is 0 Å². The van der Waals surface area contributed by atoms with E-state index in [2.05, 4.69) is 31.8 Å². The van der Waals surface area contributed by atoms with Crippen LogP contribution in [-0.2, 0) is 10.5 Å². The van der Waals surface area contributed by atoms with Crippen LogP contribution in [0.15, 0.2) is 41.3 Å². The van der Waals surface area contributed by atoms with Crippen molar-refractivity contribution in [3.63, 3.8) is 0 Å². The molecule has 0 atom stereocenters. The first kappa shape index (κ1) is 19.8. The summed E-state index contributed by atoms with van der Waals surface area (Å²) >= 11 is 1.67. The number of hydrogen-bond donors (Lipinski definition) is 0. The molecule has 4 nitrogen and oxygen atoms in total. The van der Waals surface area contributed by atoms with Crippen molar-refractivity contribution < 1.29 is 19.0 Å². The number of aryl methyl sites for hydroxylation is 1. The lowest BCUT2D eigenvalue weighted by atomic mass is 10.0. The minimum atomic E-state index is -1.25. The third kappa shape index (κ3) is 5.08. The van der Waals surface area contributed by atoms with E-state index in [-0.39, 0.29) is 12.8 Å². The van der Waals surface area contributed by atoms with Gasteiger partial charge in [-0.15, -0.1) is 11.8 Å². The maximum absolute atomic E-state index is 12.9. The summed E-state index contributed by atoms with van der Waals surface area (Å²) in [7, 11) is -1.25. The van der Waals surface area contributed by atoms with Gasteiger partial charge in [-0.05, 0) is 36.7 Å². The molecular weight excluding hydrogens is 376 g/mol. The van der Waals surface area contributed by atoms with E-state index in [1.807, 2.05) is 31.2 Å². The third-order valence-corrected chi connectivity index (χ3v) is 7.12. The molecule has 1 aliphatic rings. The van der Waals surface area contributed by atoms with Crippen molar-refractivity contribution in [3.8, 4) is 11.5 Å². The molecule has 0 amide bonds. The van der Waals surface area contributed by atoms with Gasteiger partial charge in [-0.3, -0.25) is 0 Å². The number of thioether (sulfide) groups is 1.